The molecular weight excluding hydrogens is 302 g/mol. The molecule has 0 bridgehead atoms. The molecule has 3 heterocycles. The highest BCUT2D eigenvalue weighted by atomic mass is 16.5. The molecule has 0 radical (unpaired) electrons. The fourth-order valence-corrected chi connectivity index (χ4v) is 4.50. The summed E-state index contributed by atoms with van der Waals surface area (Å²) in [5.74, 6) is 2.42. The van der Waals surface area contributed by atoms with Crippen molar-refractivity contribution in [3.05, 3.63) is 0 Å². The summed E-state index contributed by atoms with van der Waals surface area (Å²) < 4.78 is 5.43. The summed E-state index contributed by atoms with van der Waals surface area (Å²) in [6.45, 7) is 11.6. The van der Waals surface area contributed by atoms with Crippen molar-refractivity contribution in [1.82, 2.24) is 15.1 Å². The third-order valence-corrected chi connectivity index (χ3v) is 6.27. The molecule has 0 saturated carbocycles. The smallest absolute Gasteiger partial charge is 0.222 e. The molecule has 1 amide bonds. The first-order chi connectivity index (χ1) is 11.7. The zero-order valence-electron chi connectivity index (χ0n) is 15.3. The lowest BCUT2D eigenvalue weighted by Crippen LogP contribution is -2.44. The van der Waals surface area contributed by atoms with Gasteiger partial charge in [0.05, 0.1) is 13.2 Å². The van der Waals surface area contributed by atoms with Gasteiger partial charge in [-0.15, -0.1) is 0 Å². The van der Waals surface area contributed by atoms with Gasteiger partial charge in [-0.2, -0.15) is 0 Å². The lowest BCUT2D eigenvalue weighted by Gasteiger charge is -2.37. The second-order valence-electron chi connectivity index (χ2n) is 8.01. The molecule has 3 rings (SSSR count). The Morgan fingerprint density at radius 2 is 1.75 bits per heavy atom. The van der Waals surface area contributed by atoms with E-state index in [0.29, 0.717) is 11.8 Å². The van der Waals surface area contributed by atoms with Crippen molar-refractivity contribution >= 4 is 5.91 Å². The lowest BCUT2D eigenvalue weighted by molar-refractivity contribution is -0.134. The molecule has 5 heteroatoms. The number of nitrogens with zero attached hydrogens (tertiary/aromatic N) is 2. The molecule has 1 N–H and O–H groups in total. The van der Waals surface area contributed by atoms with Gasteiger partial charge in [-0.3, -0.25) is 9.69 Å². The van der Waals surface area contributed by atoms with Gasteiger partial charge in [-0.05, 0) is 56.5 Å². The van der Waals surface area contributed by atoms with Gasteiger partial charge in [0.2, 0.25) is 5.91 Å². The molecular formula is C19H35N3O2. The second-order valence-corrected chi connectivity index (χ2v) is 8.01. The summed E-state index contributed by atoms with van der Waals surface area (Å²) in [4.78, 5) is 17.3. The average Bonchev–Trinajstić information content (AvgIpc) is 2.64. The van der Waals surface area contributed by atoms with E-state index in [-0.39, 0.29) is 0 Å². The van der Waals surface area contributed by atoms with Gasteiger partial charge in [-0.25, -0.2) is 0 Å². The van der Waals surface area contributed by atoms with Crippen molar-refractivity contribution in [3.8, 4) is 0 Å². The van der Waals surface area contributed by atoms with Gasteiger partial charge < -0.3 is 15.0 Å². The van der Waals surface area contributed by atoms with Crippen molar-refractivity contribution in [2.75, 3.05) is 59.0 Å². The SMILES string of the molecule is CC(CC(=O)N1CCC(CN2CCOCC2)CC1)C1CCNCC1. The van der Waals surface area contributed by atoms with Gasteiger partial charge in [-0.1, -0.05) is 6.92 Å². The molecule has 3 aliphatic heterocycles. The van der Waals surface area contributed by atoms with E-state index in [1.54, 1.807) is 0 Å². The highest BCUT2D eigenvalue weighted by Gasteiger charge is 2.28. The summed E-state index contributed by atoms with van der Waals surface area (Å²) in [6, 6.07) is 0. The summed E-state index contributed by atoms with van der Waals surface area (Å²) in [7, 11) is 0. The molecule has 3 saturated heterocycles. The summed E-state index contributed by atoms with van der Waals surface area (Å²) in [6.07, 6.45) is 5.56. The highest BCUT2D eigenvalue weighted by Crippen LogP contribution is 2.26. The molecule has 5 nitrogen and oxygen atoms in total. The van der Waals surface area contributed by atoms with Gasteiger partial charge >= 0.3 is 0 Å². The number of morpholine rings is 1. The maximum Gasteiger partial charge on any atom is 0.222 e. The summed E-state index contributed by atoms with van der Waals surface area (Å²) in [5.41, 5.74) is 0. The van der Waals surface area contributed by atoms with Crippen LogP contribution in [0.15, 0.2) is 0 Å². The standard InChI is InChI=1S/C19H35N3O2/c1-16(18-2-6-20-7-3-18)14-19(23)22-8-4-17(5-9-22)15-21-10-12-24-13-11-21/h16-18,20H,2-15H2,1H3. The fraction of sp³-hybridized carbons (Fsp3) is 0.947. The van der Waals surface area contributed by atoms with E-state index >= 15 is 0 Å². The summed E-state index contributed by atoms with van der Waals surface area (Å²) >= 11 is 0. The molecule has 0 aromatic heterocycles. The van der Waals surface area contributed by atoms with Crippen LogP contribution >= 0.6 is 0 Å². The van der Waals surface area contributed by atoms with Gasteiger partial charge in [0.25, 0.3) is 0 Å². The number of hydrogen-bond donors (Lipinski definition) is 1. The van der Waals surface area contributed by atoms with Crippen molar-refractivity contribution in [3.63, 3.8) is 0 Å². The molecule has 24 heavy (non-hydrogen) atoms. The van der Waals surface area contributed by atoms with Crippen LogP contribution in [0.25, 0.3) is 0 Å². The Morgan fingerprint density at radius 1 is 1.08 bits per heavy atom. The number of likely N-dealkylation sites (tertiary alicyclic amines) is 1. The van der Waals surface area contributed by atoms with Crippen molar-refractivity contribution in [2.45, 2.75) is 39.0 Å². The number of piperidine rings is 2. The number of rotatable bonds is 5. The van der Waals surface area contributed by atoms with Crippen LogP contribution < -0.4 is 5.32 Å². The van der Waals surface area contributed by atoms with Gasteiger partial charge in [0.15, 0.2) is 0 Å². The van der Waals surface area contributed by atoms with Crippen LogP contribution in [0.2, 0.25) is 0 Å². The molecule has 1 atom stereocenters. The van der Waals surface area contributed by atoms with Crippen LogP contribution in [-0.4, -0.2) is 74.7 Å². The first kappa shape index (κ1) is 18.2. The Morgan fingerprint density at radius 3 is 2.42 bits per heavy atom. The normalized spacial score (nSPS) is 26.5. The largest absolute Gasteiger partial charge is 0.379 e. The molecule has 0 spiro atoms. The molecule has 0 aromatic carbocycles. The molecule has 3 aliphatic rings. The van der Waals surface area contributed by atoms with Crippen molar-refractivity contribution in [1.29, 1.82) is 0 Å². The van der Waals surface area contributed by atoms with Crippen LogP contribution in [0.3, 0.4) is 0 Å². The minimum absolute atomic E-state index is 0.394. The first-order valence-electron chi connectivity index (χ1n) is 10.0. The third-order valence-electron chi connectivity index (χ3n) is 6.27. The number of carbonyl (C=O) groups is 1. The zero-order valence-corrected chi connectivity index (χ0v) is 15.3. The molecule has 1 unspecified atom stereocenters. The van der Waals surface area contributed by atoms with Crippen LogP contribution in [0.5, 0.6) is 0 Å². The maximum atomic E-state index is 12.6. The average molecular weight is 338 g/mol. The van der Waals surface area contributed by atoms with E-state index < -0.39 is 0 Å². The number of nitrogens with one attached hydrogen (secondary N) is 1. The number of amides is 1. The third kappa shape index (κ3) is 5.17. The zero-order chi connectivity index (χ0) is 16.8. The van der Waals surface area contributed by atoms with Crippen LogP contribution in [0, 0.1) is 17.8 Å². The molecule has 3 fully saturated rings. The molecule has 138 valence electrons. The minimum atomic E-state index is 0.394. The van der Waals surface area contributed by atoms with E-state index in [1.165, 1.54) is 32.2 Å². The number of carbonyl (C=O) groups excluding carboxylic acids is 1. The Hall–Kier alpha value is -0.650. The fourth-order valence-electron chi connectivity index (χ4n) is 4.50. The van der Waals surface area contributed by atoms with Gasteiger partial charge in [0, 0.05) is 39.1 Å². The Kier molecular flexibility index (Phi) is 6.93. The minimum Gasteiger partial charge on any atom is -0.379 e. The lowest BCUT2D eigenvalue weighted by atomic mass is 9.83. The second kappa shape index (κ2) is 9.16. The van der Waals surface area contributed by atoms with Crippen LogP contribution in [-0.2, 0) is 9.53 Å². The van der Waals surface area contributed by atoms with E-state index in [1.807, 2.05) is 0 Å². The Labute approximate surface area is 147 Å². The first-order valence-corrected chi connectivity index (χ1v) is 10.0. The van der Waals surface area contributed by atoms with Crippen LogP contribution in [0.1, 0.15) is 39.0 Å². The van der Waals surface area contributed by atoms with E-state index in [2.05, 4.69) is 22.0 Å². The topological polar surface area (TPSA) is 44.8 Å². The van der Waals surface area contributed by atoms with Crippen molar-refractivity contribution < 1.29 is 9.53 Å². The van der Waals surface area contributed by atoms with Gasteiger partial charge in [0.1, 0.15) is 0 Å². The monoisotopic (exact) mass is 337 g/mol. The Balaban J connectivity index is 1.36. The van der Waals surface area contributed by atoms with Crippen molar-refractivity contribution in [2.24, 2.45) is 17.8 Å². The maximum absolute atomic E-state index is 12.6. The quantitative estimate of drug-likeness (QED) is 0.827. The van der Waals surface area contributed by atoms with E-state index in [4.69, 9.17) is 4.74 Å². The predicted octanol–water partition coefficient (Wildman–Crippen LogP) is 1.58. The molecule has 0 aliphatic carbocycles. The summed E-state index contributed by atoms with van der Waals surface area (Å²) in [5, 5.41) is 3.42. The number of ether oxygens (including phenoxy) is 1. The number of hydrogen-bond acceptors (Lipinski definition) is 4. The van der Waals surface area contributed by atoms with E-state index in [9.17, 15) is 4.79 Å². The molecule has 0 aromatic rings. The highest BCUT2D eigenvalue weighted by molar-refractivity contribution is 5.76. The van der Waals surface area contributed by atoms with E-state index in [0.717, 1.165) is 70.7 Å². The Bertz CT molecular complexity index is 384. The predicted molar refractivity (Wildman–Crippen MR) is 95.9 cm³/mol. The van der Waals surface area contributed by atoms with Crippen LogP contribution in [0.4, 0.5) is 0 Å².